The quantitative estimate of drug-likeness (QED) is 0.366. The number of hydrogen-bond donors (Lipinski definition) is 0. The van der Waals surface area contributed by atoms with E-state index in [0.29, 0.717) is 6.61 Å². The van der Waals surface area contributed by atoms with Crippen molar-refractivity contribution in [1.29, 1.82) is 0 Å². The van der Waals surface area contributed by atoms with Crippen LogP contribution in [-0.4, -0.2) is 19.9 Å². The van der Waals surface area contributed by atoms with E-state index >= 15 is 0 Å². The van der Waals surface area contributed by atoms with E-state index < -0.39 is 0 Å². The lowest BCUT2D eigenvalue weighted by Gasteiger charge is -2.39. The number of carbonyl (C=O) groups excluding carboxylic acids is 1. The molecule has 0 unspecified atom stereocenters. The number of carbonyl (C=O) groups is 1. The molecule has 0 spiro atoms. The van der Waals surface area contributed by atoms with Gasteiger partial charge in [-0.1, -0.05) is 32.4 Å². The van der Waals surface area contributed by atoms with Gasteiger partial charge in [-0.3, -0.25) is 4.79 Å². The Bertz CT molecular complexity index is 200. The van der Waals surface area contributed by atoms with Gasteiger partial charge in [-0.2, -0.15) is 0 Å². The predicted molar refractivity (Wildman–Crippen MR) is 63.2 cm³/mol. The van der Waals surface area contributed by atoms with Crippen molar-refractivity contribution in [2.24, 2.45) is 5.41 Å². The summed E-state index contributed by atoms with van der Waals surface area (Å²) >= 11 is 0. The van der Waals surface area contributed by atoms with Gasteiger partial charge in [-0.25, -0.2) is 0 Å². The van der Waals surface area contributed by atoms with Crippen LogP contribution in [0.2, 0.25) is 13.1 Å². The van der Waals surface area contributed by atoms with Crippen molar-refractivity contribution in [3.8, 4) is 0 Å². The van der Waals surface area contributed by atoms with Crippen molar-refractivity contribution in [2.45, 2.75) is 58.6 Å². The van der Waals surface area contributed by atoms with Gasteiger partial charge in [-0.05, 0) is 26.2 Å². The predicted octanol–water partition coefficient (Wildman–Crippen LogP) is 3.06. The fourth-order valence-corrected chi connectivity index (χ4v) is 2.26. The maximum atomic E-state index is 11.8. The molecule has 1 rings (SSSR count). The van der Waals surface area contributed by atoms with Crippen molar-refractivity contribution < 1.29 is 9.53 Å². The highest BCUT2D eigenvalue weighted by Crippen LogP contribution is 2.46. The lowest BCUT2D eigenvalue weighted by molar-refractivity contribution is -0.161. The van der Waals surface area contributed by atoms with Gasteiger partial charge in [-0.15, -0.1) is 0 Å². The molecule has 1 fully saturated rings. The molecule has 1 aliphatic carbocycles. The summed E-state index contributed by atoms with van der Waals surface area (Å²) in [4.78, 5) is 11.8. The molecule has 1 saturated carbocycles. The molecule has 0 atom stereocenters. The molecule has 0 aromatic heterocycles. The first-order valence-corrected chi connectivity index (χ1v) is 6.20. The van der Waals surface area contributed by atoms with Gasteiger partial charge in [0.05, 0.1) is 12.0 Å². The highest BCUT2D eigenvalue weighted by atomic mass is 16.5. The zero-order chi connectivity index (χ0) is 11.1. The summed E-state index contributed by atoms with van der Waals surface area (Å²) in [5.74, 6) is 0.0525. The highest BCUT2D eigenvalue weighted by molar-refractivity contribution is 6.33. The van der Waals surface area contributed by atoms with Gasteiger partial charge in [0.15, 0.2) is 0 Å². The van der Waals surface area contributed by atoms with Crippen molar-refractivity contribution in [3.63, 3.8) is 0 Å². The molecular formula is C12H22BO2. The second-order valence-corrected chi connectivity index (χ2v) is 4.51. The second-order valence-electron chi connectivity index (χ2n) is 4.51. The largest absolute Gasteiger partial charge is 0.466 e. The molecular weight excluding hydrogens is 187 g/mol. The van der Waals surface area contributed by atoms with E-state index in [1.165, 1.54) is 19.2 Å². The van der Waals surface area contributed by atoms with Gasteiger partial charge >= 0.3 is 5.97 Å². The number of ether oxygens (including phenoxy) is 1. The minimum atomic E-state index is -0.0935. The van der Waals surface area contributed by atoms with E-state index in [9.17, 15) is 4.79 Å². The monoisotopic (exact) mass is 209 g/mol. The highest BCUT2D eigenvalue weighted by Gasteiger charge is 2.44. The van der Waals surface area contributed by atoms with Crippen LogP contribution in [0.1, 0.15) is 45.4 Å². The Morgan fingerprint density at radius 2 is 2.13 bits per heavy atom. The summed E-state index contributed by atoms with van der Waals surface area (Å²) in [5, 5.41) is 0. The molecule has 0 saturated heterocycles. The minimum Gasteiger partial charge on any atom is -0.466 e. The third-order valence-electron chi connectivity index (χ3n) is 3.42. The normalized spacial score (nSPS) is 18.0. The van der Waals surface area contributed by atoms with E-state index in [0.717, 1.165) is 25.7 Å². The maximum absolute atomic E-state index is 11.8. The molecule has 0 heterocycles. The first-order valence-electron chi connectivity index (χ1n) is 6.20. The molecule has 0 bridgehead atoms. The summed E-state index contributed by atoms with van der Waals surface area (Å²) in [6.45, 7) is 4.49. The molecule has 85 valence electrons. The van der Waals surface area contributed by atoms with Gasteiger partial charge in [0, 0.05) is 0 Å². The molecule has 3 heteroatoms. The average Bonchev–Trinajstić information content (AvgIpc) is 2.16. The van der Waals surface area contributed by atoms with Crippen LogP contribution < -0.4 is 0 Å². The Kier molecular flexibility index (Phi) is 5.20. The van der Waals surface area contributed by atoms with Crippen LogP contribution in [0, 0.1) is 5.41 Å². The molecule has 0 N–H and O–H groups in total. The Morgan fingerprint density at radius 1 is 1.40 bits per heavy atom. The van der Waals surface area contributed by atoms with Crippen LogP contribution >= 0.6 is 0 Å². The Hall–Kier alpha value is -0.465. The van der Waals surface area contributed by atoms with E-state index in [-0.39, 0.29) is 11.4 Å². The Labute approximate surface area is 94.0 Å². The van der Waals surface area contributed by atoms with Crippen LogP contribution in [0.5, 0.6) is 0 Å². The molecule has 2 nitrogen and oxygen atoms in total. The van der Waals surface area contributed by atoms with Crippen molar-refractivity contribution in [3.05, 3.63) is 0 Å². The van der Waals surface area contributed by atoms with Gasteiger partial charge in [0.25, 0.3) is 0 Å². The molecule has 0 aromatic rings. The third-order valence-corrected chi connectivity index (χ3v) is 3.42. The summed E-state index contributed by atoms with van der Waals surface area (Å²) < 4.78 is 5.16. The van der Waals surface area contributed by atoms with Crippen LogP contribution in [0.25, 0.3) is 0 Å². The molecule has 1 aliphatic rings. The molecule has 0 amide bonds. The van der Waals surface area contributed by atoms with Gasteiger partial charge in [0.2, 0.25) is 0 Å². The van der Waals surface area contributed by atoms with Crippen LogP contribution in [-0.2, 0) is 9.53 Å². The van der Waals surface area contributed by atoms with Crippen molar-refractivity contribution in [1.82, 2.24) is 0 Å². The van der Waals surface area contributed by atoms with Crippen molar-refractivity contribution >= 4 is 13.2 Å². The number of rotatable bonds is 7. The molecule has 0 aromatic carbocycles. The number of hydrogen-bond acceptors (Lipinski definition) is 2. The first kappa shape index (κ1) is 12.6. The van der Waals surface area contributed by atoms with E-state index in [4.69, 9.17) is 4.74 Å². The van der Waals surface area contributed by atoms with Gasteiger partial charge in [0.1, 0.15) is 7.28 Å². The molecule has 1 radical (unpaired) electrons. The smallest absolute Gasteiger partial charge is 0.312 e. The Morgan fingerprint density at radius 3 is 2.60 bits per heavy atom. The minimum absolute atomic E-state index is 0.0525. The third kappa shape index (κ3) is 3.25. The fourth-order valence-electron chi connectivity index (χ4n) is 2.26. The lowest BCUT2D eigenvalue weighted by Crippen LogP contribution is -2.39. The van der Waals surface area contributed by atoms with Crippen molar-refractivity contribution in [2.75, 3.05) is 6.61 Å². The topological polar surface area (TPSA) is 26.3 Å². The second kappa shape index (κ2) is 6.19. The number of unbranched alkanes of at least 4 members (excludes halogenated alkanes) is 1. The van der Waals surface area contributed by atoms with Crippen LogP contribution in [0.15, 0.2) is 0 Å². The molecule has 15 heavy (non-hydrogen) atoms. The van der Waals surface area contributed by atoms with Crippen LogP contribution in [0.4, 0.5) is 0 Å². The number of esters is 1. The maximum Gasteiger partial charge on any atom is 0.312 e. The summed E-state index contributed by atoms with van der Waals surface area (Å²) in [6, 6.07) is 0. The van der Waals surface area contributed by atoms with E-state index in [1.54, 1.807) is 0 Å². The summed E-state index contributed by atoms with van der Waals surface area (Å²) in [5.41, 5.74) is -0.0935. The van der Waals surface area contributed by atoms with E-state index in [2.05, 4.69) is 14.1 Å². The summed E-state index contributed by atoms with van der Waals surface area (Å²) in [6.07, 6.45) is 7.83. The SMILES string of the molecule is C[B]CCCCC1(C(=O)OCC)CCC1. The first-order chi connectivity index (χ1) is 7.25. The lowest BCUT2D eigenvalue weighted by atomic mass is 9.65. The summed E-state index contributed by atoms with van der Waals surface area (Å²) in [7, 11) is 2.19. The standard InChI is InChI=1S/C12H22BO2/c1-3-15-11(14)12(8-6-9-12)7-4-5-10-13-2/h3-10H2,1-2H3. The zero-order valence-electron chi connectivity index (χ0n) is 10.1. The van der Waals surface area contributed by atoms with Gasteiger partial charge < -0.3 is 4.74 Å². The average molecular weight is 209 g/mol. The van der Waals surface area contributed by atoms with Crippen LogP contribution in [0.3, 0.4) is 0 Å². The van der Waals surface area contributed by atoms with E-state index in [1.807, 2.05) is 6.92 Å². The fraction of sp³-hybridized carbons (Fsp3) is 0.917. The molecule has 0 aliphatic heterocycles. The Balaban J connectivity index is 2.29. The zero-order valence-corrected chi connectivity index (χ0v) is 10.1.